The van der Waals surface area contributed by atoms with Gasteiger partial charge in [0.05, 0.1) is 18.8 Å². The van der Waals surface area contributed by atoms with E-state index in [0.717, 1.165) is 0 Å². The molecule has 0 saturated heterocycles. The number of nitrogens with one attached hydrogen (secondary N) is 1. The van der Waals surface area contributed by atoms with Gasteiger partial charge in [-0.2, -0.15) is 0 Å². The van der Waals surface area contributed by atoms with Crippen LogP contribution in [0.3, 0.4) is 0 Å². The van der Waals surface area contributed by atoms with Crippen molar-refractivity contribution in [1.82, 2.24) is 14.7 Å². The molecule has 0 bridgehead atoms. The molecule has 112 valence electrons. The standard InChI is InChI=1S/C13H16N4O3S/c1-2-20-12-4-3-10(14)7-13(12)21(18,19)17-8-11-5-6-15-9-16-11/h3-7,9,17H,2,8,14H2,1H3. The van der Waals surface area contributed by atoms with E-state index in [1.165, 1.54) is 18.5 Å². The van der Waals surface area contributed by atoms with Crippen molar-refractivity contribution in [3.8, 4) is 5.75 Å². The van der Waals surface area contributed by atoms with E-state index in [4.69, 9.17) is 10.5 Å². The number of ether oxygens (including phenoxy) is 1. The molecule has 0 spiro atoms. The van der Waals surface area contributed by atoms with Gasteiger partial charge in [0.2, 0.25) is 10.0 Å². The summed E-state index contributed by atoms with van der Waals surface area (Å²) in [4.78, 5) is 7.74. The molecule has 0 saturated carbocycles. The van der Waals surface area contributed by atoms with E-state index < -0.39 is 10.0 Å². The lowest BCUT2D eigenvalue weighted by atomic mass is 10.3. The van der Waals surface area contributed by atoms with Crippen molar-refractivity contribution in [2.24, 2.45) is 0 Å². The van der Waals surface area contributed by atoms with E-state index in [9.17, 15) is 8.42 Å². The summed E-state index contributed by atoms with van der Waals surface area (Å²) >= 11 is 0. The van der Waals surface area contributed by atoms with E-state index in [1.807, 2.05) is 0 Å². The van der Waals surface area contributed by atoms with E-state index >= 15 is 0 Å². The van der Waals surface area contributed by atoms with Crippen molar-refractivity contribution in [2.45, 2.75) is 18.4 Å². The molecule has 8 heteroatoms. The van der Waals surface area contributed by atoms with Gasteiger partial charge in [-0.1, -0.05) is 0 Å². The quantitative estimate of drug-likeness (QED) is 0.769. The molecule has 7 nitrogen and oxygen atoms in total. The van der Waals surface area contributed by atoms with Crippen molar-refractivity contribution < 1.29 is 13.2 Å². The van der Waals surface area contributed by atoms with Crippen LogP contribution >= 0.6 is 0 Å². The second-order valence-electron chi connectivity index (χ2n) is 4.16. The largest absolute Gasteiger partial charge is 0.492 e. The van der Waals surface area contributed by atoms with Gasteiger partial charge in [-0.3, -0.25) is 0 Å². The van der Waals surface area contributed by atoms with Crippen LogP contribution in [0.25, 0.3) is 0 Å². The Labute approximate surface area is 123 Å². The lowest BCUT2D eigenvalue weighted by Gasteiger charge is -2.12. The van der Waals surface area contributed by atoms with Crippen molar-refractivity contribution in [3.63, 3.8) is 0 Å². The number of nitrogens with two attached hydrogens (primary N) is 1. The highest BCUT2D eigenvalue weighted by atomic mass is 32.2. The second-order valence-corrected chi connectivity index (χ2v) is 5.90. The molecule has 1 aromatic carbocycles. The molecule has 0 atom stereocenters. The Bertz CT molecular complexity index is 705. The average molecular weight is 308 g/mol. The minimum atomic E-state index is -3.75. The predicted molar refractivity (Wildman–Crippen MR) is 78.1 cm³/mol. The summed E-state index contributed by atoms with van der Waals surface area (Å²) in [7, 11) is -3.75. The van der Waals surface area contributed by atoms with Gasteiger partial charge >= 0.3 is 0 Å². The monoisotopic (exact) mass is 308 g/mol. The summed E-state index contributed by atoms with van der Waals surface area (Å²) in [6.45, 7) is 2.20. The number of sulfonamides is 1. The van der Waals surface area contributed by atoms with Crippen molar-refractivity contribution in [3.05, 3.63) is 42.5 Å². The van der Waals surface area contributed by atoms with E-state index in [2.05, 4.69) is 14.7 Å². The second kappa shape index (κ2) is 6.51. The van der Waals surface area contributed by atoms with Crippen LogP contribution in [0.15, 0.2) is 41.7 Å². The van der Waals surface area contributed by atoms with Gasteiger partial charge in [0.1, 0.15) is 17.0 Å². The first-order valence-corrected chi connectivity index (χ1v) is 7.78. The van der Waals surface area contributed by atoms with Crippen LogP contribution < -0.4 is 15.2 Å². The van der Waals surface area contributed by atoms with Crippen LogP contribution in [0, 0.1) is 0 Å². The molecular formula is C13H16N4O3S. The molecule has 0 amide bonds. The minimum absolute atomic E-state index is 0.0124. The van der Waals surface area contributed by atoms with Crippen molar-refractivity contribution in [2.75, 3.05) is 12.3 Å². The van der Waals surface area contributed by atoms with Gasteiger partial charge in [-0.15, -0.1) is 0 Å². The number of hydrogen-bond donors (Lipinski definition) is 2. The smallest absolute Gasteiger partial charge is 0.244 e. The fourth-order valence-corrected chi connectivity index (χ4v) is 2.86. The topological polar surface area (TPSA) is 107 Å². The molecule has 0 aliphatic carbocycles. The van der Waals surface area contributed by atoms with Crippen LogP contribution in [0.5, 0.6) is 5.75 Å². The summed E-state index contributed by atoms with van der Waals surface area (Å²) in [6, 6.07) is 6.13. The van der Waals surface area contributed by atoms with Gasteiger partial charge < -0.3 is 10.5 Å². The molecule has 0 radical (unpaired) electrons. The third-order valence-electron chi connectivity index (χ3n) is 2.64. The lowest BCUT2D eigenvalue weighted by Crippen LogP contribution is -2.24. The Morgan fingerprint density at radius 1 is 1.33 bits per heavy atom. The number of benzene rings is 1. The minimum Gasteiger partial charge on any atom is -0.492 e. The number of hydrogen-bond acceptors (Lipinski definition) is 6. The zero-order valence-corrected chi connectivity index (χ0v) is 12.3. The number of nitrogen functional groups attached to an aromatic ring is 1. The number of rotatable bonds is 6. The molecule has 1 aromatic heterocycles. The third-order valence-corrected chi connectivity index (χ3v) is 4.07. The highest BCUT2D eigenvalue weighted by molar-refractivity contribution is 7.89. The summed E-state index contributed by atoms with van der Waals surface area (Å²) in [5, 5.41) is 0. The first-order chi connectivity index (χ1) is 10.0. The normalized spacial score (nSPS) is 11.3. The molecule has 0 aliphatic rings. The van der Waals surface area contributed by atoms with Gasteiger partial charge in [0.15, 0.2) is 0 Å². The van der Waals surface area contributed by atoms with Crippen molar-refractivity contribution in [1.29, 1.82) is 0 Å². The van der Waals surface area contributed by atoms with Crippen molar-refractivity contribution >= 4 is 15.7 Å². The molecule has 3 N–H and O–H groups in total. The average Bonchev–Trinajstić information content (AvgIpc) is 2.48. The SMILES string of the molecule is CCOc1ccc(N)cc1S(=O)(=O)NCc1ccncn1. The van der Waals surface area contributed by atoms with Crippen LogP contribution in [0.4, 0.5) is 5.69 Å². The number of nitrogens with zero attached hydrogens (tertiary/aromatic N) is 2. The Hall–Kier alpha value is -2.19. The van der Waals surface area contributed by atoms with Crippen LogP contribution in [-0.2, 0) is 16.6 Å². The summed E-state index contributed by atoms with van der Waals surface area (Å²) < 4.78 is 32.5. The van der Waals surface area contributed by atoms with Gasteiger partial charge in [0, 0.05) is 11.9 Å². The maximum Gasteiger partial charge on any atom is 0.244 e. The molecule has 0 aliphatic heterocycles. The third kappa shape index (κ3) is 3.89. The maximum absolute atomic E-state index is 12.4. The summed E-state index contributed by atoms with van der Waals surface area (Å²) in [6.07, 6.45) is 2.90. The Morgan fingerprint density at radius 2 is 2.14 bits per heavy atom. The predicted octanol–water partition coefficient (Wildman–Crippen LogP) is 0.936. The molecule has 2 aromatic rings. The fourth-order valence-electron chi connectivity index (χ4n) is 1.68. The van der Waals surface area contributed by atoms with E-state index in [1.54, 1.807) is 25.3 Å². The number of anilines is 1. The Morgan fingerprint density at radius 3 is 2.81 bits per heavy atom. The van der Waals surface area contributed by atoms with Gasteiger partial charge in [-0.25, -0.2) is 23.1 Å². The maximum atomic E-state index is 12.4. The molecule has 2 rings (SSSR count). The summed E-state index contributed by atoms with van der Waals surface area (Å²) in [5.41, 5.74) is 6.57. The van der Waals surface area contributed by atoms with E-state index in [-0.39, 0.29) is 17.2 Å². The fraction of sp³-hybridized carbons (Fsp3) is 0.231. The van der Waals surface area contributed by atoms with Crippen LogP contribution in [-0.4, -0.2) is 25.0 Å². The van der Waals surface area contributed by atoms with Crippen LogP contribution in [0.2, 0.25) is 0 Å². The van der Waals surface area contributed by atoms with Gasteiger partial charge in [-0.05, 0) is 31.2 Å². The lowest BCUT2D eigenvalue weighted by molar-refractivity contribution is 0.331. The first kappa shape index (κ1) is 15.2. The highest BCUT2D eigenvalue weighted by Crippen LogP contribution is 2.26. The highest BCUT2D eigenvalue weighted by Gasteiger charge is 2.20. The summed E-state index contributed by atoms with van der Waals surface area (Å²) in [5.74, 6) is 0.266. The zero-order chi connectivity index (χ0) is 15.3. The number of aromatic nitrogens is 2. The Kier molecular flexibility index (Phi) is 4.71. The molecule has 0 unspecified atom stereocenters. The molecule has 0 fully saturated rings. The zero-order valence-electron chi connectivity index (χ0n) is 11.5. The van der Waals surface area contributed by atoms with Crippen LogP contribution in [0.1, 0.15) is 12.6 Å². The Balaban J connectivity index is 2.24. The molecule has 1 heterocycles. The molecular weight excluding hydrogens is 292 g/mol. The molecule has 21 heavy (non-hydrogen) atoms. The first-order valence-electron chi connectivity index (χ1n) is 6.30. The van der Waals surface area contributed by atoms with Gasteiger partial charge in [0.25, 0.3) is 0 Å². The van der Waals surface area contributed by atoms with E-state index in [0.29, 0.717) is 18.0 Å².